The minimum atomic E-state index is -3.69. The van der Waals surface area contributed by atoms with Crippen LogP contribution in [0.5, 0.6) is 5.75 Å². The molecule has 2 N–H and O–H groups in total. The zero-order valence-corrected chi connectivity index (χ0v) is 20.9. The van der Waals surface area contributed by atoms with E-state index in [0.717, 1.165) is 25.2 Å². The van der Waals surface area contributed by atoms with Gasteiger partial charge in [0.15, 0.2) is 0 Å². The summed E-state index contributed by atoms with van der Waals surface area (Å²) in [5, 5.41) is 2.91. The van der Waals surface area contributed by atoms with Crippen LogP contribution < -0.4 is 14.8 Å². The Morgan fingerprint density at radius 3 is 2.35 bits per heavy atom. The number of nitrogens with zero attached hydrogens (tertiary/aromatic N) is 1. The van der Waals surface area contributed by atoms with E-state index >= 15 is 0 Å². The zero-order chi connectivity index (χ0) is 24.6. The van der Waals surface area contributed by atoms with Crippen LogP contribution in [0, 0.1) is 0 Å². The Kier molecular flexibility index (Phi) is 9.46. The number of hydrogen-bond donors (Lipinski definition) is 2. The van der Waals surface area contributed by atoms with Gasteiger partial charge in [-0.25, -0.2) is 13.1 Å². The van der Waals surface area contributed by atoms with Gasteiger partial charge in [0.05, 0.1) is 23.7 Å². The molecule has 8 nitrogen and oxygen atoms in total. The Morgan fingerprint density at radius 2 is 1.71 bits per heavy atom. The topological polar surface area (TPSA) is 97.0 Å². The molecule has 186 valence electrons. The van der Waals surface area contributed by atoms with Gasteiger partial charge >= 0.3 is 0 Å². The van der Waals surface area contributed by atoms with Crippen molar-refractivity contribution in [3.63, 3.8) is 0 Å². The standard InChI is InChI=1S/C25H35N3O5S/c1-4-32-23-9-11-24(12-10-23)34(30,31)27-14-13-25(29)26-15-21-7-5-6-8-22(21)18-28-16-19(2)33-20(3)17-28/h5-12,19-20,27H,4,13-18H2,1-3H3,(H,26,29). The summed E-state index contributed by atoms with van der Waals surface area (Å²) in [4.78, 5) is 14.9. The largest absolute Gasteiger partial charge is 0.494 e. The van der Waals surface area contributed by atoms with Crippen molar-refractivity contribution in [2.24, 2.45) is 0 Å². The van der Waals surface area contributed by atoms with Crippen molar-refractivity contribution in [1.29, 1.82) is 0 Å². The fraction of sp³-hybridized carbons (Fsp3) is 0.480. The summed E-state index contributed by atoms with van der Waals surface area (Å²) in [7, 11) is -3.69. The van der Waals surface area contributed by atoms with Crippen LogP contribution in [-0.2, 0) is 32.6 Å². The average molecular weight is 490 g/mol. The van der Waals surface area contributed by atoms with Crippen molar-refractivity contribution in [3.05, 3.63) is 59.7 Å². The van der Waals surface area contributed by atoms with E-state index < -0.39 is 10.0 Å². The molecule has 2 unspecified atom stereocenters. The van der Waals surface area contributed by atoms with Gasteiger partial charge < -0.3 is 14.8 Å². The number of sulfonamides is 1. The van der Waals surface area contributed by atoms with E-state index in [1.165, 1.54) is 17.7 Å². The molecule has 1 amide bonds. The second-order valence-corrected chi connectivity index (χ2v) is 10.3. The smallest absolute Gasteiger partial charge is 0.240 e. The van der Waals surface area contributed by atoms with E-state index in [0.29, 0.717) is 18.9 Å². The lowest BCUT2D eigenvalue weighted by atomic mass is 10.1. The molecule has 34 heavy (non-hydrogen) atoms. The van der Waals surface area contributed by atoms with E-state index in [2.05, 4.69) is 34.9 Å². The van der Waals surface area contributed by atoms with Crippen molar-refractivity contribution in [3.8, 4) is 5.75 Å². The van der Waals surface area contributed by atoms with Gasteiger partial charge in [-0.15, -0.1) is 0 Å². The summed E-state index contributed by atoms with van der Waals surface area (Å²) >= 11 is 0. The summed E-state index contributed by atoms with van der Waals surface area (Å²) < 4.78 is 38.5. The van der Waals surface area contributed by atoms with Crippen molar-refractivity contribution in [2.75, 3.05) is 26.2 Å². The first-order chi connectivity index (χ1) is 16.3. The molecular formula is C25H35N3O5S. The second-order valence-electron chi connectivity index (χ2n) is 8.55. The third kappa shape index (κ3) is 7.80. The van der Waals surface area contributed by atoms with Gasteiger partial charge in [0.1, 0.15) is 5.75 Å². The Balaban J connectivity index is 1.47. The molecule has 0 radical (unpaired) electrons. The number of ether oxygens (including phenoxy) is 2. The number of rotatable bonds is 11. The molecule has 9 heteroatoms. The van der Waals surface area contributed by atoms with Crippen LogP contribution in [0.3, 0.4) is 0 Å². The Hall–Kier alpha value is -2.46. The van der Waals surface area contributed by atoms with Crippen molar-refractivity contribution in [1.82, 2.24) is 14.9 Å². The van der Waals surface area contributed by atoms with Crippen LogP contribution >= 0.6 is 0 Å². The fourth-order valence-electron chi connectivity index (χ4n) is 4.08. The molecule has 1 heterocycles. The highest BCUT2D eigenvalue weighted by Gasteiger charge is 2.22. The molecule has 2 atom stereocenters. The lowest BCUT2D eigenvalue weighted by Gasteiger charge is -2.35. The maximum atomic E-state index is 12.4. The van der Waals surface area contributed by atoms with Crippen molar-refractivity contribution in [2.45, 2.75) is 57.4 Å². The normalized spacial score (nSPS) is 19.0. The third-order valence-corrected chi connectivity index (χ3v) is 7.05. The molecule has 0 saturated carbocycles. The number of benzene rings is 2. The van der Waals surface area contributed by atoms with E-state index in [1.807, 2.05) is 25.1 Å². The van der Waals surface area contributed by atoms with E-state index in [4.69, 9.17) is 9.47 Å². The highest BCUT2D eigenvalue weighted by Crippen LogP contribution is 2.18. The fourth-order valence-corrected chi connectivity index (χ4v) is 5.12. The number of nitrogens with one attached hydrogen (secondary N) is 2. The number of carbonyl (C=O) groups is 1. The minimum Gasteiger partial charge on any atom is -0.494 e. The monoisotopic (exact) mass is 489 g/mol. The summed E-state index contributed by atoms with van der Waals surface area (Å²) in [6.07, 6.45) is 0.445. The van der Waals surface area contributed by atoms with Gasteiger partial charge in [-0.2, -0.15) is 0 Å². The first-order valence-corrected chi connectivity index (χ1v) is 13.2. The van der Waals surface area contributed by atoms with Gasteiger partial charge in [-0.05, 0) is 56.2 Å². The molecule has 1 fully saturated rings. The second kappa shape index (κ2) is 12.3. The van der Waals surface area contributed by atoms with Crippen LogP contribution in [0.4, 0.5) is 0 Å². The molecule has 3 rings (SSSR count). The first-order valence-electron chi connectivity index (χ1n) is 11.7. The molecule has 1 aliphatic rings. The van der Waals surface area contributed by atoms with Crippen molar-refractivity contribution >= 4 is 15.9 Å². The van der Waals surface area contributed by atoms with Gasteiger partial charge in [-0.1, -0.05) is 24.3 Å². The first kappa shape index (κ1) is 26.2. The van der Waals surface area contributed by atoms with E-state index in [9.17, 15) is 13.2 Å². The predicted octanol–water partition coefficient (Wildman–Crippen LogP) is 2.68. The summed E-state index contributed by atoms with van der Waals surface area (Å²) in [6, 6.07) is 14.3. The molecule has 1 aliphatic heterocycles. The Bertz CT molecular complexity index is 1030. The lowest BCUT2D eigenvalue weighted by molar-refractivity contribution is -0.121. The lowest BCUT2D eigenvalue weighted by Crippen LogP contribution is -2.45. The minimum absolute atomic E-state index is 0.0204. The number of morpholine rings is 1. The highest BCUT2D eigenvalue weighted by atomic mass is 32.2. The quantitative estimate of drug-likeness (QED) is 0.504. The Morgan fingerprint density at radius 1 is 1.06 bits per heavy atom. The zero-order valence-electron chi connectivity index (χ0n) is 20.1. The van der Waals surface area contributed by atoms with Gasteiger partial charge in [0.25, 0.3) is 0 Å². The molecule has 2 aromatic rings. The maximum absolute atomic E-state index is 12.4. The number of carbonyl (C=O) groups excluding carboxylic acids is 1. The summed E-state index contributed by atoms with van der Waals surface area (Å²) in [5.41, 5.74) is 2.22. The molecule has 0 aliphatic carbocycles. The number of hydrogen-bond acceptors (Lipinski definition) is 6. The van der Waals surface area contributed by atoms with Crippen LogP contribution in [-0.4, -0.2) is 57.7 Å². The molecule has 0 aromatic heterocycles. The highest BCUT2D eigenvalue weighted by molar-refractivity contribution is 7.89. The van der Waals surface area contributed by atoms with Crippen LogP contribution in [0.25, 0.3) is 0 Å². The van der Waals surface area contributed by atoms with E-state index in [1.54, 1.807) is 12.1 Å². The molecular weight excluding hydrogens is 454 g/mol. The van der Waals surface area contributed by atoms with Gasteiger partial charge in [0, 0.05) is 39.1 Å². The van der Waals surface area contributed by atoms with Crippen LogP contribution in [0.2, 0.25) is 0 Å². The average Bonchev–Trinajstić information content (AvgIpc) is 2.78. The van der Waals surface area contributed by atoms with Gasteiger partial charge in [0.2, 0.25) is 15.9 Å². The summed E-state index contributed by atoms with van der Waals surface area (Å²) in [5.74, 6) is 0.400. The van der Waals surface area contributed by atoms with Crippen molar-refractivity contribution < 1.29 is 22.7 Å². The van der Waals surface area contributed by atoms with Gasteiger partial charge in [-0.3, -0.25) is 9.69 Å². The Labute approximate surface area is 202 Å². The maximum Gasteiger partial charge on any atom is 0.240 e. The third-order valence-electron chi connectivity index (χ3n) is 5.57. The molecule has 2 aromatic carbocycles. The molecule has 0 spiro atoms. The summed E-state index contributed by atoms with van der Waals surface area (Å²) in [6.45, 7) is 9.50. The van der Waals surface area contributed by atoms with Crippen LogP contribution in [0.1, 0.15) is 38.3 Å². The van der Waals surface area contributed by atoms with Crippen LogP contribution in [0.15, 0.2) is 53.4 Å². The predicted molar refractivity (Wildman–Crippen MR) is 131 cm³/mol. The number of amides is 1. The SMILES string of the molecule is CCOc1ccc(S(=O)(=O)NCCC(=O)NCc2ccccc2CN2CC(C)OC(C)C2)cc1. The molecule has 1 saturated heterocycles. The molecule has 0 bridgehead atoms. The van der Waals surface area contributed by atoms with E-state index in [-0.39, 0.29) is 36.0 Å².